The van der Waals surface area contributed by atoms with Crippen LogP contribution in [0.2, 0.25) is 0 Å². The molecule has 1 heterocycles. The summed E-state index contributed by atoms with van der Waals surface area (Å²) < 4.78 is 0. The van der Waals surface area contributed by atoms with Gasteiger partial charge in [-0.25, -0.2) is 9.59 Å². The molecule has 116 valence electrons. The molecule has 1 aromatic rings. The zero-order valence-electron chi connectivity index (χ0n) is 10.4. The summed E-state index contributed by atoms with van der Waals surface area (Å²) in [5.41, 5.74) is -3.59. The number of H-pyrrole nitrogens is 2. The molecule has 0 radical (unpaired) electrons. The van der Waals surface area contributed by atoms with Gasteiger partial charge < -0.3 is 25.4 Å². The van der Waals surface area contributed by atoms with Crippen LogP contribution in [0.4, 0.5) is 0 Å². The van der Waals surface area contributed by atoms with Crippen molar-refractivity contribution in [1.29, 1.82) is 0 Å². The lowest BCUT2D eigenvalue weighted by Gasteiger charge is -2.18. The Hall–Kier alpha value is -2.95. The van der Waals surface area contributed by atoms with E-state index < -0.39 is 42.0 Å². The van der Waals surface area contributed by atoms with Gasteiger partial charge in [0.2, 0.25) is 0 Å². The molecule has 0 aliphatic rings. The van der Waals surface area contributed by atoms with Gasteiger partial charge in [0.05, 0.1) is 12.8 Å². The number of nitrogens with one attached hydrogen (secondary N) is 2. The smallest absolute Gasteiger partial charge is 0.336 e. The quantitative estimate of drug-likeness (QED) is 0.350. The third-order valence-corrected chi connectivity index (χ3v) is 1.97. The monoisotopic (exact) mass is 304 g/mol. The maximum absolute atomic E-state index is 10.3. The van der Waals surface area contributed by atoms with Gasteiger partial charge in [-0.05, 0) is 0 Å². The molecule has 0 saturated carbocycles. The first kappa shape index (κ1) is 18.0. The molecule has 0 saturated heterocycles. The van der Waals surface area contributed by atoms with Crippen molar-refractivity contribution >= 4 is 17.9 Å². The lowest BCUT2D eigenvalue weighted by atomic mass is 9.96. The van der Waals surface area contributed by atoms with Crippen LogP contribution < -0.4 is 11.2 Å². The molecule has 0 fully saturated rings. The van der Waals surface area contributed by atoms with Crippen LogP contribution in [-0.2, 0) is 14.4 Å². The van der Waals surface area contributed by atoms with Crippen molar-refractivity contribution in [3.63, 3.8) is 0 Å². The molecule has 6 N–H and O–H groups in total. The predicted octanol–water partition coefficient (Wildman–Crippen LogP) is -2.19. The normalized spacial score (nSPS) is 10.1. The largest absolute Gasteiger partial charge is 0.481 e. The molecule has 0 amide bonds. The van der Waals surface area contributed by atoms with Crippen molar-refractivity contribution in [2.24, 2.45) is 0 Å². The third-order valence-electron chi connectivity index (χ3n) is 1.97. The summed E-state index contributed by atoms with van der Waals surface area (Å²) in [5.74, 6) is -5.02. The van der Waals surface area contributed by atoms with Crippen LogP contribution in [0.5, 0.6) is 0 Å². The highest BCUT2D eigenvalue weighted by Gasteiger charge is 2.40. The first-order valence-corrected chi connectivity index (χ1v) is 5.24. The average molecular weight is 304 g/mol. The van der Waals surface area contributed by atoms with Gasteiger partial charge in [-0.15, -0.1) is 0 Å². The molecule has 0 unspecified atom stereocenters. The highest BCUT2D eigenvalue weighted by atomic mass is 16.4. The number of carbonyl (C=O) groups is 3. The van der Waals surface area contributed by atoms with Gasteiger partial charge in [-0.2, -0.15) is 0 Å². The molecule has 0 atom stereocenters. The summed E-state index contributed by atoms with van der Waals surface area (Å²) in [6.45, 7) is 0. The van der Waals surface area contributed by atoms with Gasteiger partial charge in [0.1, 0.15) is 0 Å². The van der Waals surface area contributed by atoms with Crippen LogP contribution in [0.1, 0.15) is 12.8 Å². The Bertz CT molecular complexity index is 588. The van der Waals surface area contributed by atoms with Gasteiger partial charge in [-0.1, -0.05) is 0 Å². The number of aliphatic carboxylic acids is 3. The Kier molecular flexibility index (Phi) is 6.53. The van der Waals surface area contributed by atoms with E-state index in [9.17, 15) is 24.0 Å². The van der Waals surface area contributed by atoms with E-state index in [1.165, 1.54) is 12.3 Å². The van der Waals surface area contributed by atoms with Crippen molar-refractivity contribution in [2.75, 3.05) is 0 Å². The van der Waals surface area contributed by atoms with Crippen molar-refractivity contribution in [3.8, 4) is 0 Å². The molecular weight excluding hydrogens is 292 g/mol. The maximum atomic E-state index is 10.3. The molecule has 0 aliphatic heterocycles. The lowest BCUT2D eigenvalue weighted by molar-refractivity contribution is -0.170. The lowest BCUT2D eigenvalue weighted by Crippen LogP contribution is -2.42. The minimum Gasteiger partial charge on any atom is -0.481 e. The van der Waals surface area contributed by atoms with Crippen molar-refractivity contribution in [1.82, 2.24) is 9.97 Å². The van der Waals surface area contributed by atoms with Crippen LogP contribution in [-0.4, -0.2) is 53.9 Å². The van der Waals surface area contributed by atoms with Crippen molar-refractivity contribution in [2.45, 2.75) is 18.4 Å². The third kappa shape index (κ3) is 7.27. The molecular formula is C10H12N2O9. The molecule has 0 spiro atoms. The number of hydrogen-bond acceptors (Lipinski definition) is 6. The summed E-state index contributed by atoms with van der Waals surface area (Å²) in [4.78, 5) is 55.1. The summed E-state index contributed by atoms with van der Waals surface area (Å²) in [5, 5.41) is 33.8. The molecule has 11 heteroatoms. The van der Waals surface area contributed by atoms with E-state index in [0.29, 0.717) is 0 Å². The predicted molar refractivity (Wildman–Crippen MR) is 64.8 cm³/mol. The number of aliphatic hydroxyl groups is 1. The first-order chi connectivity index (χ1) is 9.56. The average Bonchev–Trinajstić information content (AvgIpc) is 2.26. The summed E-state index contributed by atoms with van der Waals surface area (Å²) in [7, 11) is 0. The van der Waals surface area contributed by atoms with Crippen LogP contribution >= 0.6 is 0 Å². The fourth-order valence-corrected chi connectivity index (χ4v) is 1.10. The number of rotatable bonds is 5. The second-order valence-electron chi connectivity index (χ2n) is 3.77. The highest BCUT2D eigenvalue weighted by molar-refractivity contribution is 5.88. The van der Waals surface area contributed by atoms with E-state index in [2.05, 4.69) is 4.98 Å². The summed E-state index contributed by atoms with van der Waals surface area (Å²) >= 11 is 0. The first-order valence-electron chi connectivity index (χ1n) is 5.24. The molecule has 1 aromatic heterocycles. The van der Waals surface area contributed by atoms with E-state index in [4.69, 9.17) is 20.4 Å². The Balaban J connectivity index is 0.000000423. The topological polar surface area (TPSA) is 198 Å². The number of carboxylic acid groups (broad SMARTS) is 3. The molecule has 11 nitrogen and oxygen atoms in total. The van der Waals surface area contributed by atoms with E-state index in [1.807, 2.05) is 4.98 Å². The van der Waals surface area contributed by atoms with Crippen LogP contribution in [0.25, 0.3) is 0 Å². The summed E-state index contributed by atoms with van der Waals surface area (Å²) in [6, 6.07) is 1.24. The highest BCUT2D eigenvalue weighted by Crippen LogP contribution is 2.15. The molecule has 0 bridgehead atoms. The van der Waals surface area contributed by atoms with Gasteiger partial charge >= 0.3 is 23.6 Å². The number of carboxylic acids is 3. The van der Waals surface area contributed by atoms with Crippen molar-refractivity contribution < 1.29 is 34.8 Å². The van der Waals surface area contributed by atoms with Gasteiger partial charge in [0, 0.05) is 12.3 Å². The second kappa shape index (κ2) is 7.59. The number of aromatic amines is 2. The fourth-order valence-electron chi connectivity index (χ4n) is 1.10. The number of hydrogen-bond donors (Lipinski definition) is 6. The second-order valence-corrected chi connectivity index (χ2v) is 3.77. The summed E-state index contributed by atoms with van der Waals surface area (Å²) in [6.07, 6.45) is -0.996. The van der Waals surface area contributed by atoms with Crippen LogP contribution in [0, 0.1) is 0 Å². The minimum absolute atomic E-state index is 0.381. The van der Waals surface area contributed by atoms with Crippen molar-refractivity contribution in [3.05, 3.63) is 33.1 Å². The zero-order valence-corrected chi connectivity index (χ0v) is 10.4. The SMILES string of the molecule is O=C(O)CC(O)(CC(=O)O)C(=O)O.O=c1cc[nH]c(=O)[nH]1. The Labute approximate surface area is 115 Å². The number of aromatic nitrogens is 2. The Morgan fingerprint density at radius 2 is 1.52 bits per heavy atom. The van der Waals surface area contributed by atoms with E-state index >= 15 is 0 Å². The molecule has 1 rings (SSSR count). The Morgan fingerprint density at radius 1 is 1.05 bits per heavy atom. The van der Waals surface area contributed by atoms with Gasteiger partial charge in [-0.3, -0.25) is 19.4 Å². The molecule has 0 aliphatic carbocycles. The fraction of sp³-hybridized carbons (Fsp3) is 0.300. The zero-order chi connectivity index (χ0) is 16.6. The van der Waals surface area contributed by atoms with Gasteiger partial charge in [0.15, 0.2) is 5.60 Å². The van der Waals surface area contributed by atoms with Crippen LogP contribution in [0.15, 0.2) is 21.9 Å². The molecule has 21 heavy (non-hydrogen) atoms. The van der Waals surface area contributed by atoms with E-state index in [1.54, 1.807) is 0 Å². The Morgan fingerprint density at radius 3 is 1.76 bits per heavy atom. The van der Waals surface area contributed by atoms with E-state index in [0.717, 1.165) is 0 Å². The standard InChI is InChI=1S/C6H8O7.C4H4N2O2/c7-3(8)1-6(13,5(11)12)2-4(9)10;7-3-1-2-5-4(8)6-3/h13H,1-2H2,(H,7,8)(H,9,10)(H,11,12);1-2H,(H2,5,6,7,8). The maximum Gasteiger partial charge on any atom is 0.336 e. The van der Waals surface area contributed by atoms with E-state index in [-0.39, 0.29) is 5.56 Å². The minimum atomic E-state index is -2.74. The van der Waals surface area contributed by atoms with Gasteiger partial charge in [0.25, 0.3) is 5.56 Å². The molecule has 0 aromatic carbocycles. The van der Waals surface area contributed by atoms with Crippen LogP contribution in [0.3, 0.4) is 0 Å².